The van der Waals surface area contributed by atoms with Crippen molar-refractivity contribution in [2.24, 2.45) is 0 Å². The van der Waals surface area contributed by atoms with Crippen molar-refractivity contribution in [1.29, 1.82) is 0 Å². The topological polar surface area (TPSA) is 78.9 Å². The van der Waals surface area contributed by atoms with Crippen LogP contribution >= 0.6 is 0 Å². The minimum absolute atomic E-state index is 0.0805. The molecule has 1 unspecified atom stereocenters. The van der Waals surface area contributed by atoms with Crippen LogP contribution < -0.4 is 0 Å². The van der Waals surface area contributed by atoms with E-state index in [1.54, 1.807) is 0 Å². The second-order valence-electron chi connectivity index (χ2n) is 20.6. The zero-order valence-corrected chi connectivity index (χ0v) is 48.1. The Morgan fingerprint density at radius 1 is 0.288 bits per heavy atom. The Hall–Kier alpha value is -3.41. The first kappa shape index (κ1) is 69.6. The number of carbonyl (C=O) groups excluding carboxylic acids is 3. The van der Waals surface area contributed by atoms with E-state index in [1.165, 1.54) is 154 Å². The molecule has 0 amide bonds. The van der Waals surface area contributed by atoms with Crippen LogP contribution in [0.25, 0.3) is 0 Å². The first-order valence-electron chi connectivity index (χ1n) is 31.1. The molecular formula is C67H116O6. The van der Waals surface area contributed by atoms with Gasteiger partial charge in [0, 0.05) is 19.3 Å². The van der Waals surface area contributed by atoms with Crippen molar-refractivity contribution >= 4 is 17.9 Å². The Morgan fingerprint density at radius 2 is 0.534 bits per heavy atom. The van der Waals surface area contributed by atoms with Crippen molar-refractivity contribution < 1.29 is 28.6 Å². The van der Waals surface area contributed by atoms with Crippen molar-refractivity contribution in [2.45, 2.75) is 309 Å². The van der Waals surface area contributed by atoms with Gasteiger partial charge in [-0.1, -0.05) is 273 Å². The highest BCUT2D eigenvalue weighted by molar-refractivity contribution is 5.71. The summed E-state index contributed by atoms with van der Waals surface area (Å²) in [5, 5.41) is 0. The van der Waals surface area contributed by atoms with Gasteiger partial charge in [-0.25, -0.2) is 0 Å². The first-order chi connectivity index (χ1) is 36.0. The SMILES string of the molecule is CC/C=C\C/C=C\C/C=C\C/C=C\CCCCCCCCCCCCC(=O)OCC(COC(=O)CCCCCCCCCCCCCCC)OC(=O)CCCCCCCC/C=C\C/C=C\C/C=C\CCCCC. The lowest BCUT2D eigenvalue weighted by atomic mass is 10.0. The number of ether oxygens (including phenoxy) is 3. The molecule has 6 heteroatoms. The molecule has 0 aromatic heterocycles. The summed E-state index contributed by atoms with van der Waals surface area (Å²) in [6.45, 7) is 6.51. The fourth-order valence-electron chi connectivity index (χ4n) is 8.74. The van der Waals surface area contributed by atoms with Crippen LogP contribution in [0.2, 0.25) is 0 Å². The Morgan fingerprint density at radius 3 is 0.863 bits per heavy atom. The summed E-state index contributed by atoms with van der Waals surface area (Å²) >= 11 is 0. The van der Waals surface area contributed by atoms with Crippen LogP contribution in [0.15, 0.2) is 85.1 Å². The summed E-state index contributed by atoms with van der Waals surface area (Å²) in [5.74, 6) is -0.886. The van der Waals surface area contributed by atoms with E-state index in [4.69, 9.17) is 14.2 Å². The predicted octanol–water partition coefficient (Wildman–Crippen LogP) is 21.1. The summed E-state index contributed by atoms with van der Waals surface area (Å²) in [6, 6.07) is 0. The molecule has 0 radical (unpaired) electrons. The zero-order chi connectivity index (χ0) is 52.9. The summed E-state index contributed by atoms with van der Waals surface area (Å²) in [5.41, 5.74) is 0. The molecule has 0 aliphatic heterocycles. The van der Waals surface area contributed by atoms with Crippen LogP contribution in [-0.4, -0.2) is 37.2 Å². The molecule has 0 spiro atoms. The van der Waals surface area contributed by atoms with Gasteiger partial charge in [-0.3, -0.25) is 14.4 Å². The second kappa shape index (κ2) is 61.1. The standard InChI is InChI=1S/C67H116O6/c1-4-7-10-13-16-19-22-25-27-29-31-32-33-34-36-37-39-42-45-48-51-54-57-60-66(69)72-63-64(62-71-65(68)59-56-53-50-47-44-41-24-21-18-15-12-9-6-3)73-67(70)61-58-55-52-49-46-43-40-38-35-30-28-26-23-20-17-14-11-8-5-2/h7,10,16-17,19-20,25-28,31-32,35,38,64H,4-6,8-9,11-15,18,21-24,29-30,33-34,36-37,39-63H2,1-3H3/b10-7-,19-16-,20-17-,27-25-,28-26-,32-31-,38-35-. The number of unbranched alkanes of at least 4 members (excludes halogenated alkanes) is 31. The van der Waals surface area contributed by atoms with E-state index in [0.29, 0.717) is 19.3 Å². The van der Waals surface area contributed by atoms with Gasteiger partial charge >= 0.3 is 17.9 Å². The van der Waals surface area contributed by atoms with Crippen LogP contribution in [0.1, 0.15) is 303 Å². The average Bonchev–Trinajstić information content (AvgIpc) is 3.39. The van der Waals surface area contributed by atoms with Gasteiger partial charge in [0.25, 0.3) is 0 Å². The van der Waals surface area contributed by atoms with Gasteiger partial charge in [0.15, 0.2) is 6.10 Å². The van der Waals surface area contributed by atoms with Crippen LogP contribution in [0.4, 0.5) is 0 Å². The Kier molecular flexibility index (Phi) is 58.3. The van der Waals surface area contributed by atoms with E-state index >= 15 is 0 Å². The number of allylic oxidation sites excluding steroid dienone is 14. The maximum atomic E-state index is 12.9. The largest absolute Gasteiger partial charge is 0.462 e. The zero-order valence-electron chi connectivity index (χ0n) is 48.1. The molecule has 0 rings (SSSR count). The Balaban J connectivity index is 4.36. The predicted molar refractivity (Wildman–Crippen MR) is 316 cm³/mol. The lowest BCUT2D eigenvalue weighted by Gasteiger charge is -2.18. The number of hydrogen-bond donors (Lipinski definition) is 0. The fourth-order valence-corrected chi connectivity index (χ4v) is 8.74. The quantitative estimate of drug-likeness (QED) is 0.0261. The molecule has 0 aromatic carbocycles. The minimum atomic E-state index is -0.785. The van der Waals surface area contributed by atoms with Crippen LogP contribution in [0.3, 0.4) is 0 Å². The average molecular weight is 1020 g/mol. The highest BCUT2D eigenvalue weighted by Gasteiger charge is 2.19. The van der Waals surface area contributed by atoms with Crippen molar-refractivity contribution in [3.63, 3.8) is 0 Å². The number of esters is 3. The molecule has 0 N–H and O–H groups in total. The summed E-state index contributed by atoms with van der Waals surface area (Å²) in [4.78, 5) is 38.3. The number of carbonyl (C=O) groups is 3. The molecule has 0 saturated carbocycles. The third-order valence-electron chi connectivity index (χ3n) is 13.4. The second-order valence-corrected chi connectivity index (χ2v) is 20.6. The first-order valence-corrected chi connectivity index (χ1v) is 31.1. The lowest BCUT2D eigenvalue weighted by molar-refractivity contribution is -0.167. The molecule has 0 heterocycles. The Labute approximate surface area is 452 Å². The van der Waals surface area contributed by atoms with Gasteiger partial charge in [0.05, 0.1) is 0 Å². The minimum Gasteiger partial charge on any atom is -0.462 e. The third-order valence-corrected chi connectivity index (χ3v) is 13.4. The summed E-state index contributed by atoms with van der Waals surface area (Å²) < 4.78 is 16.9. The van der Waals surface area contributed by atoms with Gasteiger partial charge in [-0.05, 0) is 96.3 Å². The van der Waals surface area contributed by atoms with Crippen molar-refractivity contribution in [3.05, 3.63) is 85.1 Å². The molecule has 73 heavy (non-hydrogen) atoms. The van der Waals surface area contributed by atoms with E-state index in [2.05, 4.69) is 106 Å². The van der Waals surface area contributed by atoms with E-state index in [1.807, 2.05) is 0 Å². The van der Waals surface area contributed by atoms with E-state index in [0.717, 1.165) is 109 Å². The highest BCUT2D eigenvalue weighted by atomic mass is 16.6. The normalized spacial score (nSPS) is 12.6. The molecule has 420 valence electrons. The maximum Gasteiger partial charge on any atom is 0.306 e. The van der Waals surface area contributed by atoms with Crippen LogP contribution in [0.5, 0.6) is 0 Å². The van der Waals surface area contributed by atoms with Gasteiger partial charge in [0.1, 0.15) is 13.2 Å². The fraction of sp³-hybridized carbons (Fsp3) is 0.746. The van der Waals surface area contributed by atoms with Gasteiger partial charge in [-0.2, -0.15) is 0 Å². The highest BCUT2D eigenvalue weighted by Crippen LogP contribution is 2.16. The Bertz CT molecular complexity index is 1400. The molecule has 6 nitrogen and oxygen atoms in total. The molecular weight excluding hydrogens is 901 g/mol. The van der Waals surface area contributed by atoms with Gasteiger partial charge in [-0.15, -0.1) is 0 Å². The van der Waals surface area contributed by atoms with Gasteiger partial charge < -0.3 is 14.2 Å². The van der Waals surface area contributed by atoms with E-state index in [9.17, 15) is 14.4 Å². The molecule has 0 aliphatic carbocycles. The van der Waals surface area contributed by atoms with E-state index < -0.39 is 6.10 Å². The van der Waals surface area contributed by atoms with E-state index in [-0.39, 0.29) is 31.1 Å². The van der Waals surface area contributed by atoms with Crippen molar-refractivity contribution in [1.82, 2.24) is 0 Å². The number of rotatable bonds is 56. The van der Waals surface area contributed by atoms with Gasteiger partial charge in [0.2, 0.25) is 0 Å². The van der Waals surface area contributed by atoms with Crippen LogP contribution in [-0.2, 0) is 28.6 Å². The molecule has 0 bridgehead atoms. The molecule has 0 aliphatic rings. The molecule has 0 aromatic rings. The molecule has 0 saturated heterocycles. The number of hydrogen-bond acceptors (Lipinski definition) is 6. The molecule has 0 fully saturated rings. The van der Waals surface area contributed by atoms with Crippen LogP contribution in [0, 0.1) is 0 Å². The third kappa shape index (κ3) is 59.3. The lowest BCUT2D eigenvalue weighted by Crippen LogP contribution is -2.30. The summed E-state index contributed by atoms with van der Waals surface area (Å²) in [7, 11) is 0. The van der Waals surface area contributed by atoms with Crippen molar-refractivity contribution in [2.75, 3.05) is 13.2 Å². The maximum absolute atomic E-state index is 12.9. The smallest absolute Gasteiger partial charge is 0.306 e. The molecule has 1 atom stereocenters. The van der Waals surface area contributed by atoms with Crippen molar-refractivity contribution in [3.8, 4) is 0 Å². The summed E-state index contributed by atoms with van der Waals surface area (Å²) in [6.07, 6.45) is 80.0. The monoisotopic (exact) mass is 1020 g/mol.